The third kappa shape index (κ3) is 2.80. The molecule has 7 heteroatoms. The highest BCUT2D eigenvalue weighted by atomic mass is 32.1. The molecule has 0 fully saturated rings. The molecular formula is C15H16N4O2S. The zero-order valence-corrected chi connectivity index (χ0v) is 13.2. The van der Waals surface area contributed by atoms with Crippen LogP contribution in [-0.2, 0) is 6.54 Å². The SMILES string of the molecule is CCCn1nccc1C(=O)Nc1nc2ccc(OC)cc2s1. The number of methoxy groups -OCH3 is 1. The molecule has 1 amide bonds. The Labute approximate surface area is 131 Å². The fraction of sp³-hybridized carbons (Fsp3) is 0.267. The Hall–Kier alpha value is -2.41. The van der Waals surface area contributed by atoms with Gasteiger partial charge in [0.25, 0.3) is 5.91 Å². The van der Waals surface area contributed by atoms with E-state index in [1.165, 1.54) is 11.3 Å². The van der Waals surface area contributed by atoms with E-state index in [-0.39, 0.29) is 5.91 Å². The van der Waals surface area contributed by atoms with Crippen LogP contribution in [0.25, 0.3) is 10.2 Å². The van der Waals surface area contributed by atoms with Crippen molar-refractivity contribution in [3.8, 4) is 5.75 Å². The van der Waals surface area contributed by atoms with Gasteiger partial charge in [-0.05, 0) is 30.7 Å². The number of rotatable bonds is 5. The monoisotopic (exact) mass is 316 g/mol. The molecule has 0 aliphatic rings. The average Bonchev–Trinajstić information content (AvgIpc) is 3.12. The molecule has 0 spiro atoms. The first-order valence-electron chi connectivity index (χ1n) is 6.99. The van der Waals surface area contributed by atoms with Gasteiger partial charge in [0.05, 0.1) is 17.3 Å². The summed E-state index contributed by atoms with van der Waals surface area (Å²) in [4.78, 5) is 16.8. The van der Waals surface area contributed by atoms with E-state index in [0.717, 1.165) is 22.4 Å². The molecule has 6 nitrogen and oxygen atoms in total. The maximum Gasteiger partial charge on any atom is 0.275 e. The Morgan fingerprint density at radius 1 is 1.41 bits per heavy atom. The smallest absolute Gasteiger partial charge is 0.275 e. The van der Waals surface area contributed by atoms with Crippen molar-refractivity contribution >= 4 is 32.6 Å². The van der Waals surface area contributed by atoms with Crippen LogP contribution in [0.3, 0.4) is 0 Å². The van der Waals surface area contributed by atoms with Gasteiger partial charge in [-0.3, -0.25) is 14.8 Å². The molecule has 2 aromatic heterocycles. The average molecular weight is 316 g/mol. The number of nitrogens with zero attached hydrogens (tertiary/aromatic N) is 3. The number of ether oxygens (including phenoxy) is 1. The van der Waals surface area contributed by atoms with Gasteiger partial charge in [0, 0.05) is 12.7 Å². The molecule has 0 radical (unpaired) electrons. The maximum atomic E-state index is 12.3. The van der Waals surface area contributed by atoms with Gasteiger partial charge in [-0.25, -0.2) is 4.98 Å². The first-order chi connectivity index (χ1) is 10.7. The number of fused-ring (bicyclic) bond motifs is 1. The molecule has 2 heterocycles. The zero-order valence-electron chi connectivity index (χ0n) is 12.4. The predicted molar refractivity (Wildman–Crippen MR) is 86.6 cm³/mol. The summed E-state index contributed by atoms with van der Waals surface area (Å²) in [6.07, 6.45) is 2.55. The van der Waals surface area contributed by atoms with E-state index in [1.54, 1.807) is 24.1 Å². The first-order valence-corrected chi connectivity index (χ1v) is 7.80. The van der Waals surface area contributed by atoms with Crippen molar-refractivity contribution in [2.75, 3.05) is 12.4 Å². The highest BCUT2D eigenvalue weighted by molar-refractivity contribution is 7.22. The summed E-state index contributed by atoms with van der Waals surface area (Å²) >= 11 is 1.42. The third-order valence-corrected chi connectivity index (χ3v) is 4.13. The van der Waals surface area contributed by atoms with Crippen LogP contribution in [0.5, 0.6) is 5.75 Å². The Kier molecular flexibility index (Phi) is 4.06. The van der Waals surface area contributed by atoms with E-state index < -0.39 is 0 Å². The second kappa shape index (κ2) is 6.15. The zero-order chi connectivity index (χ0) is 15.5. The highest BCUT2D eigenvalue weighted by Crippen LogP contribution is 2.29. The van der Waals surface area contributed by atoms with E-state index in [1.807, 2.05) is 25.1 Å². The Morgan fingerprint density at radius 2 is 2.27 bits per heavy atom. The predicted octanol–water partition coefficient (Wildman–Crippen LogP) is 3.16. The Bertz CT molecular complexity index is 809. The van der Waals surface area contributed by atoms with Gasteiger partial charge in [-0.2, -0.15) is 5.10 Å². The maximum absolute atomic E-state index is 12.3. The Morgan fingerprint density at radius 3 is 3.05 bits per heavy atom. The summed E-state index contributed by atoms with van der Waals surface area (Å²) < 4.78 is 7.86. The topological polar surface area (TPSA) is 69.0 Å². The van der Waals surface area contributed by atoms with Crippen LogP contribution in [0.2, 0.25) is 0 Å². The summed E-state index contributed by atoms with van der Waals surface area (Å²) in [6.45, 7) is 2.76. The molecule has 3 rings (SSSR count). The number of benzene rings is 1. The summed E-state index contributed by atoms with van der Waals surface area (Å²) in [5.74, 6) is 0.576. The third-order valence-electron chi connectivity index (χ3n) is 3.20. The largest absolute Gasteiger partial charge is 0.497 e. The van der Waals surface area contributed by atoms with Crippen LogP contribution in [-0.4, -0.2) is 27.8 Å². The number of carbonyl (C=O) groups excluding carboxylic acids is 1. The molecule has 114 valence electrons. The standard InChI is InChI=1S/C15H16N4O2S/c1-3-8-19-12(6-7-16-19)14(20)18-15-17-11-5-4-10(21-2)9-13(11)22-15/h4-7,9H,3,8H2,1-2H3,(H,17,18,20). The number of aromatic nitrogens is 3. The molecule has 0 bridgehead atoms. The fourth-order valence-corrected chi connectivity index (χ4v) is 3.05. The molecule has 0 aliphatic carbocycles. The van der Waals surface area contributed by atoms with E-state index in [9.17, 15) is 4.79 Å². The van der Waals surface area contributed by atoms with Crippen LogP contribution in [0.1, 0.15) is 23.8 Å². The lowest BCUT2D eigenvalue weighted by Gasteiger charge is -2.05. The van der Waals surface area contributed by atoms with E-state index in [0.29, 0.717) is 17.4 Å². The second-order valence-electron chi connectivity index (χ2n) is 4.75. The van der Waals surface area contributed by atoms with Gasteiger partial charge >= 0.3 is 0 Å². The van der Waals surface area contributed by atoms with Crippen molar-refractivity contribution in [2.45, 2.75) is 19.9 Å². The molecule has 0 unspecified atom stereocenters. The number of thiazole rings is 1. The van der Waals surface area contributed by atoms with Crippen LogP contribution < -0.4 is 10.1 Å². The molecule has 22 heavy (non-hydrogen) atoms. The molecular weight excluding hydrogens is 300 g/mol. The molecule has 0 saturated heterocycles. The summed E-state index contributed by atoms with van der Waals surface area (Å²) in [6, 6.07) is 7.34. The van der Waals surface area contributed by atoms with Crippen molar-refractivity contribution in [1.29, 1.82) is 0 Å². The molecule has 0 atom stereocenters. The number of hydrogen-bond donors (Lipinski definition) is 1. The lowest BCUT2D eigenvalue weighted by atomic mass is 10.3. The normalized spacial score (nSPS) is 10.8. The van der Waals surface area contributed by atoms with Crippen molar-refractivity contribution in [3.05, 3.63) is 36.2 Å². The van der Waals surface area contributed by atoms with Gasteiger partial charge in [-0.1, -0.05) is 18.3 Å². The van der Waals surface area contributed by atoms with Gasteiger partial charge < -0.3 is 4.74 Å². The summed E-state index contributed by atoms with van der Waals surface area (Å²) in [5.41, 5.74) is 1.38. The molecule has 1 aromatic carbocycles. The van der Waals surface area contributed by atoms with E-state index in [4.69, 9.17) is 4.74 Å². The minimum Gasteiger partial charge on any atom is -0.497 e. The molecule has 0 saturated carbocycles. The van der Waals surface area contributed by atoms with E-state index >= 15 is 0 Å². The van der Waals surface area contributed by atoms with Crippen molar-refractivity contribution in [3.63, 3.8) is 0 Å². The van der Waals surface area contributed by atoms with Crippen LogP contribution in [0.15, 0.2) is 30.5 Å². The number of hydrogen-bond acceptors (Lipinski definition) is 5. The minimum absolute atomic E-state index is 0.197. The van der Waals surface area contributed by atoms with E-state index in [2.05, 4.69) is 15.4 Å². The molecule has 0 aliphatic heterocycles. The molecule has 3 aromatic rings. The number of nitrogens with one attached hydrogen (secondary N) is 1. The highest BCUT2D eigenvalue weighted by Gasteiger charge is 2.14. The van der Waals surface area contributed by atoms with Gasteiger partial charge in [0.2, 0.25) is 0 Å². The van der Waals surface area contributed by atoms with Gasteiger partial charge in [-0.15, -0.1) is 0 Å². The van der Waals surface area contributed by atoms with Crippen molar-refractivity contribution in [2.24, 2.45) is 0 Å². The first kappa shape index (κ1) is 14.5. The summed E-state index contributed by atoms with van der Waals surface area (Å²) in [5, 5.41) is 7.56. The quantitative estimate of drug-likeness (QED) is 0.785. The van der Waals surface area contributed by atoms with Crippen LogP contribution in [0, 0.1) is 0 Å². The second-order valence-corrected chi connectivity index (χ2v) is 5.78. The summed E-state index contributed by atoms with van der Waals surface area (Å²) in [7, 11) is 1.62. The number of aryl methyl sites for hydroxylation is 1. The lowest BCUT2D eigenvalue weighted by Crippen LogP contribution is -2.17. The Balaban J connectivity index is 1.83. The van der Waals surface area contributed by atoms with Crippen molar-refractivity contribution in [1.82, 2.24) is 14.8 Å². The van der Waals surface area contributed by atoms with Crippen molar-refractivity contribution < 1.29 is 9.53 Å². The lowest BCUT2D eigenvalue weighted by molar-refractivity contribution is 0.101. The minimum atomic E-state index is -0.197. The van der Waals surface area contributed by atoms with Gasteiger partial charge in [0.1, 0.15) is 11.4 Å². The number of amides is 1. The van der Waals surface area contributed by atoms with Crippen LogP contribution in [0.4, 0.5) is 5.13 Å². The number of anilines is 1. The van der Waals surface area contributed by atoms with Gasteiger partial charge in [0.15, 0.2) is 5.13 Å². The molecule has 1 N–H and O–H groups in total. The number of carbonyl (C=O) groups is 1. The fourth-order valence-electron chi connectivity index (χ4n) is 2.16. The van der Waals surface area contributed by atoms with Crippen LogP contribution >= 0.6 is 11.3 Å².